The van der Waals surface area contributed by atoms with Gasteiger partial charge in [-0.25, -0.2) is 0 Å². The van der Waals surface area contributed by atoms with E-state index in [1.54, 1.807) is 30.3 Å². The van der Waals surface area contributed by atoms with E-state index < -0.39 is 40.5 Å². The smallest absolute Gasteiger partial charge is 0.324 e. The second-order valence-corrected chi connectivity index (χ2v) is 8.84. The van der Waals surface area contributed by atoms with Gasteiger partial charge in [0.2, 0.25) is 17.7 Å². The first-order chi connectivity index (χ1) is 15.7. The number of carbonyl (C=O) groups excluding carboxylic acids is 3. The summed E-state index contributed by atoms with van der Waals surface area (Å²) in [6, 6.07) is 10.7. The zero-order chi connectivity index (χ0) is 23.8. The Kier molecular flexibility index (Phi) is 6.47. The first kappa shape index (κ1) is 23.3. The first-order valence-electron chi connectivity index (χ1n) is 10.8. The minimum absolute atomic E-state index is 0.0588. The van der Waals surface area contributed by atoms with E-state index in [1.807, 2.05) is 0 Å². The van der Waals surface area contributed by atoms with Crippen LogP contribution in [0.1, 0.15) is 36.8 Å². The Balaban J connectivity index is 1.65. The number of anilines is 1. The Hall–Kier alpha value is -2.87. The molecule has 4 rings (SSSR count). The van der Waals surface area contributed by atoms with Gasteiger partial charge in [-0.3, -0.25) is 19.3 Å². The summed E-state index contributed by atoms with van der Waals surface area (Å²) in [4.78, 5) is 40.6. The van der Waals surface area contributed by atoms with E-state index in [0.29, 0.717) is 12.8 Å². The molecule has 2 aromatic rings. The van der Waals surface area contributed by atoms with Crippen molar-refractivity contribution < 1.29 is 27.6 Å². The highest BCUT2D eigenvalue weighted by atomic mass is 35.5. The standard InChI is InChI=1S/C24H22ClF3N2O3/c25-19-11-10-15(13-18(19)24(26,27)28)29-21(31)20(12-14-6-2-1-3-7-14)30-22(32)16-8-4-5-9-17(16)23(30)33/h1-3,6-7,10-11,13,16-17,20H,4-5,8-9,12H2,(H,29,31)/t16-,17+,20-/m0/s1. The number of carbonyl (C=O) groups is 3. The zero-order valence-electron chi connectivity index (χ0n) is 17.6. The van der Waals surface area contributed by atoms with E-state index in [4.69, 9.17) is 11.6 Å². The quantitative estimate of drug-likeness (QED) is 0.609. The molecule has 0 aromatic heterocycles. The predicted octanol–water partition coefficient (Wildman–Crippen LogP) is 5.08. The van der Waals surface area contributed by atoms with Gasteiger partial charge in [-0.15, -0.1) is 0 Å². The van der Waals surface area contributed by atoms with Crippen molar-refractivity contribution in [1.29, 1.82) is 0 Å². The molecule has 1 aliphatic carbocycles. The molecule has 1 saturated carbocycles. The third-order valence-electron chi connectivity index (χ3n) is 6.30. The van der Waals surface area contributed by atoms with Crippen molar-refractivity contribution in [2.45, 2.75) is 44.3 Å². The van der Waals surface area contributed by atoms with Crippen LogP contribution in [0.5, 0.6) is 0 Å². The van der Waals surface area contributed by atoms with Crippen LogP contribution in [0.3, 0.4) is 0 Å². The summed E-state index contributed by atoms with van der Waals surface area (Å²) in [6.45, 7) is 0. The molecule has 3 amide bonds. The Morgan fingerprint density at radius 2 is 1.64 bits per heavy atom. The number of alkyl halides is 3. The number of benzene rings is 2. The molecule has 0 spiro atoms. The average molecular weight is 479 g/mol. The van der Waals surface area contributed by atoms with Crippen molar-refractivity contribution in [2.24, 2.45) is 11.8 Å². The zero-order valence-corrected chi connectivity index (χ0v) is 18.3. The highest BCUT2D eigenvalue weighted by Crippen LogP contribution is 2.40. The van der Waals surface area contributed by atoms with Gasteiger partial charge in [-0.2, -0.15) is 13.2 Å². The maximum Gasteiger partial charge on any atom is 0.417 e. The number of nitrogens with one attached hydrogen (secondary N) is 1. The van der Waals surface area contributed by atoms with Gasteiger partial charge in [0.25, 0.3) is 0 Å². The van der Waals surface area contributed by atoms with Crippen LogP contribution in [-0.2, 0) is 27.0 Å². The SMILES string of the molecule is O=C(Nc1ccc(Cl)c(C(F)(F)F)c1)[C@H](Cc1ccccc1)N1C(=O)[C@H]2CCCC[C@H]2C1=O. The molecule has 0 unspecified atom stereocenters. The average Bonchev–Trinajstić information content (AvgIpc) is 3.03. The summed E-state index contributed by atoms with van der Waals surface area (Å²) in [5.74, 6) is -2.37. The largest absolute Gasteiger partial charge is 0.417 e. The van der Waals surface area contributed by atoms with Crippen molar-refractivity contribution in [3.8, 4) is 0 Å². The molecule has 5 nitrogen and oxygen atoms in total. The molecule has 0 radical (unpaired) electrons. The minimum atomic E-state index is -4.70. The highest BCUT2D eigenvalue weighted by Gasteiger charge is 2.51. The molecule has 174 valence electrons. The predicted molar refractivity (Wildman–Crippen MR) is 116 cm³/mol. The summed E-state index contributed by atoms with van der Waals surface area (Å²) in [7, 11) is 0. The number of hydrogen-bond donors (Lipinski definition) is 1. The summed E-state index contributed by atoms with van der Waals surface area (Å²) in [5.41, 5.74) is -0.479. The highest BCUT2D eigenvalue weighted by molar-refractivity contribution is 6.31. The summed E-state index contributed by atoms with van der Waals surface area (Å²) in [6.07, 6.45) is -1.76. The maximum atomic E-state index is 13.3. The fourth-order valence-electron chi connectivity index (χ4n) is 4.68. The Morgan fingerprint density at radius 1 is 1.03 bits per heavy atom. The summed E-state index contributed by atoms with van der Waals surface area (Å²) >= 11 is 5.67. The number of fused-ring (bicyclic) bond motifs is 1. The molecule has 3 atom stereocenters. The van der Waals surface area contributed by atoms with Crippen molar-refractivity contribution in [3.63, 3.8) is 0 Å². The second kappa shape index (κ2) is 9.17. The lowest BCUT2D eigenvalue weighted by Crippen LogP contribution is -2.49. The fourth-order valence-corrected chi connectivity index (χ4v) is 4.90. The molecular weight excluding hydrogens is 457 g/mol. The fraction of sp³-hybridized carbons (Fsp3) is 0.375. The number of amides is 3. The third kappa shape index (κ3) is 4.76. The van der Waals surface area contributed by atoms with Gasteiger partial charge in [0.1, 0.15) is 6.04 Å². The number of nitrogens with zero attached hydrogens (tertiary/aromatic N) is 1. The lowest BCUT2D eigenvalue weighted by molar-refractivity contribution is -0.146. The minimum Gasteiger partial charge on any atom is -0.324 e. The molecular formula is C24H22ClF3N2O3. The topological polar surface area (TPSA) is 66.5 Å². The number of rotatable bonds is 5. The van der Waals surface area contributed by atoms with Gasteiger partial charge < -0.3 is 5.32 Å². The molecule has 1 N–H and O–H groups in total. The van der Waals surface area contributed by atoms with E-state index in [0.717, 1.165) is 35.4 Å². The Bertz CT molecular complexity index is 1050. The number of hydrogen-bond acceptors (Lipinski definition) is 3. The summed E-state index contributed by atoms with van der Waals surface area (Å²) < 4.78 is 39.7. The van der Waals surface area contributed by atoms with Crippen LogP contribution in [0.15, 0.2) is 48.5 Å². The number of likely N-dealkylation sites (tertiary alicyclic amines) is 1. The van der Waals surface area contributed by atoms with Gasteiger partial charge >= 0.3 is 6.18 Å². The monoisotopic (exact) mass is 478 g/mol. The van der Waals surface area contributed by atoms with Gasteiger partial charge in [-0.05, 0) is 36.6 Å². The van der Waals surface area contributed by atoms with E-state index in [1.165, 1.54) is 6.07 Å². The molecule has 33 heavy (non-hydrogen) atoms. The molecule has 9 heteroatoms. The van der Waals surface area contributed by atoms with Gasteiger partial charge in [0.15, 0.2) is 0 Å². The molecule has 2 fully saturated rings. The van der Waals surface area contributed by atoms with Crippen LogP contribution in [-0.4, -0.2) is 28.7 Å². The third-order valence-corrected chi connectivity index (χ3v) is 6.63. The summed E-state index contributed by atoms with van der Waals surface area (Å²) in [5, 5.41) is 1.97. The van der Waals surface area contributed by atoms with Crippen LogP contribution in [0.4, 0.5) is 18.9 Å². The van der Waals surface area contributed by atoms with Crippen molar-refractivity contribution in [2.75, 3.05) is 5.32 Å². The van der Waals surface area contributed by atoms with Crippen molar-refractivity contribution >= 4 is 35.0 Å². The number of imide groups is 1. The van der Waals surface area contributed by atoms with Crippen LogP contribution in [0.25, 0.3) is 0 Å². The lowest BCUT2D eigenvalue weighted by atomic mass is 9.81. The normalized spacial score (nSPS) is 21.6. The Labute approximate surface area is 193 Å². The molecule has 2 aromatic carbocycles. The molecule has 1 saturated heterocycles. The van der Waals surface area contributed by atoms with Gasteiger partial charge in [0, 0.05) is 12.1 Å². The van der Waals surface area contributed by atoms with Crippen molar-refractivity contribution in [1.82, 2.24) is 4.90 Å². The van der Waals surface area contributed by atoms with Crippen molar-refractivity contribution in [3.05, 3.63) is 64.7 Å². The van der Waals surface area contributed by atoms with Crippen LogP contribution in [0.2, 0.25) is 5.02 Å². The van der Waals surface area contributed by atoms with Crippen LogP contribution >= 0.6 is 11.6 Å². The molecule has 0 bridgehead atoms. The van der Waals surface area contributed by atoms with E-state index in [-0.39, 0.29) is 23.9 Å². The van der Waals surface area contributed by atoms with Crippen LogP contribution in [0, 0.1) is 11.8 Å². The molecule has 2 aliphatic rings. The molecule has 1 heterocycles. The van der Waals surface area contributed by atoms with Crippen LogP contribution < -0.4 is 5.32 Å². The molecule has 1 aliphatic heterocycles. The first-order valence-corrected chi connectivity index (χ1v) is 11.1. The Morgan fingerprint density at radius 3 is 2.21 bits per heavy atom. The van der Waals surface area contributed by atoms with E-state index >= 15 is 0 Å². The van der Waals surface area contributed by atoms with Gasteiger partial charge in [0.05, 0.1) is 22.4 Å². The second-order valence-electron chi connectivity index (χ2n) is 8.43. The lowest BCUT2D eigenvalue weighted by Gasteiger charge is -2.26. The van der Waals surface area contributed by atoms with Gasteiger partial charge in [-0.1, -0.05) is 54.8 Å². The van der Waals surface area contributed by atoms with E-state index in [2.05, 4.69) is 5.32 Å². The number of halogens is 4. The maximum absolute atomic E-state index is 13.3. The van der Waals surface area contributed by atoms with E-state index in [9.17, 15) is 27.6 Å².